The van der Waals surface area contributed by atoms with Gasteiger partial charge in [-0.05, 0) is 31.5 Å². The second-order valence-electron chi connectivity index (χ2n) is 4.17. The first-order valence-electron chi connectivity index (χ1n) is 5.07. The highest BCUT2D eigenvalue weighted by molar-refractivity contribution is 5.44. The van der Waals surface area contributed by atoms with Crippen LogP contribution in [0.1, 0.15) is 25.0 Å². The molecule has 0 saturated heterocycles. The summed E-state index contributed by atoms with van der Waals surface area (Å²) in [5.74, 6) is 0.0944. The number of carbonyl (C=O) groups excluding carboxylic acids is 1. The minimum Gasteiger partial charge on any atom is -0.497 e. The zero-order chi connectivity index (χ0) is 14.0. The van der Waals surface area contributed by atoms with Gasteiger partial charge in [-0.15, -0.1) is 0 Å². The van der Waals surface area contributed by atoms with E-state index in [0.29, 0.717) is 0 Å². The van der Waals surface area contributed by atoms with Crippen LogP contribution in [0.15, 0.2) is 23.2 Å². The predicted octanol–water partition coefficient (Wildman–Crippen LogP) is 3.28. The fraction of sp³-hybridized carbons (Fsp3) is 0.417. The van der Waals surface area contributed by atoms with Gasteiger partial charge in [0.25, 0.3) is 0 Å². The summed E-state index contributed by atoms with van der Waals surface area (Å²) in [5.41, 5.74) is -2.26. The molecule has 0 N–H and O–H groups in total. The Balaban J connectivity index is 3.49. The van der Waals surface area contributed by atoms with Crippen LogP contribution in [0.4, 0.5) is 13.2 Å². The van der Waals surface area contributed by atoms with Gasteiger partial charge in [0.2, 0.25) is 6.08 Å². The highest BCUT2D eigenvalue weighted by atomic mass is 19.4. The van der Waals surface area contributed by atoms with Crippen LogP contribution in [0, 0.1) is 0 Å². The Labute approximate surface area is 102 Å². The third kappa shape index (κ3) is 2.90. The van der Waals surface area contributed by atoms with Crippen LogP contribution in [-0.4, -0.2) is 13.2 Å². The second kappa shape index (κ2) is 4.82. The van der Waals surface area contributed by atoms with Crippen molar-refractivity contribution in [1.29, 1.82) is 0 Å². The summed E-state index contributed by atoms with van der Waals surface area (Å²) < 4.78 is 43.6. The van der Waals surface area contributed by atoms with Crippen molar-refractivity contribution in [3.05, 3.63) is 29.3 Å². The molecule has 0 bridgehead atoms. The number of rotatable bonds is 3. The van der Waals surface area contributed by atoms with Gasteiger partial charge in [0, 0.05) is 0 Å². The molecular formula is C12H12F3NO2. The number of aliphatic imine (C=N–C) groups is 1. The first-order chi connectivity index (χ1) is 8.22. The van der Waals surface area contributed by atoms with Gasteiger partial charge in [-0.1, -0.05) is 6.07 Å². The van der Waals surface area contributed by atoms with Crippen LogP contribution in [0.3, 0.4) is 0 Å². The third-order valence-electron chi connectivity index (χ3n) is 2.52. The molecule has 0 unspecified atom stereocenters. The molecular weight excluding hydrogens is 247 g/mol. The van der Waals surface area contributed by atoms with E-state index < -0.39 is 17.3 Å². The van der Waals surface area contributed by atoms with E-state index in [1.165, 1.54) is 39.2 Å². The van der Waals surface area contributed by atoms with Gasteiger partial charge < -0.3 is 4.74 Å². The molecule has 18 heavy (non-hydrogen) atoms. The van der Waals surface area contributed by atoms with Gasteiger partial charge in [-0.3, -0.25) is 0 Å². The summed E-state index contributed by atoms with van der Waals surface area (Å²) in [6, 6.07) is 3.53. The van der Waals surface area contributed by atoms with Crippen molar-refractivity contribution in [3.8, 4) is 5.75 Å². The first-order valence-corrected chi connectivity index (χ1v) is 5.07. The third-order valence-corrected chi connectivity index (χ3v) is 2.52. The van der Waals surface area contributed by atoms with Gasteiger partial charge in [0.1, 0.15) is 5.75 Å². The number of alkyl halides is 3. The highest BCUT2D eigenvalue weighted by Gasteiger charge is 2.38. The van der Waals surface area contributed by atoms with E-state index in [4.69, 9.17) is 4.74 Å². The maximum Gasteiger partial charge on any atom is 0.416 e. The average molecular weight is 259 g/mol. The Morgan fingerprint density at radius 3 is 2.28 bits per heavy atom. The molecule has 98 valence electrons. The lowest BCUT2D eigenvalue weighted by Crippen LogP contribution is -2.20. The summed E-state index contributed by atoms with van der Waals surface area (Å²) in [4.78, 5) is 13.7. The van der Waals surface area contributed by atoms with Crippen LogP contribution < -0.4 is 4.74 Å². The summed E-state index contributed by atoms with van der Waals surface area (Å²) in [6.07, 6.45) is -3.25. The first kappa shape index (κ1) is 14.3. The molecule has 0 saturated carbocycles. The zero-order valence-electron chi connectivity index (χ0n) is 10.1. The number of ether oxygens (including phenoxy) is 1. The number of hydrogen-bond acceptors (Lipinski definition) is 3. The molecule has 6 heteroatoms. The quantitative estimate of drug-likeness (QED) is 0.617. The van der Waals surface area contributed by atoms with Gasteiger partial charge in [0.15, 0.2) is 0 Å². The topological polar surface area (TPSA) is 38.7 Å². The van der Waals surface area contributed by atoms with Crippen LogP contribution in [-0.2, 0) is 16.5 Å². The maximum atomic E-state index is 12.9. The maximum absolute atomic E-state index is 12.9. The summed E-state index contributed by atoms with van der Waals surface area (Å²) >= 11 is 0. The van der Waals surface area contributed by atoms with Crippen molar-refractivity contribution >= 4 is 6.08 Å². The summed E-state index contributed by atoms with van der Waals surface area (Å²) in [5, 5.41) is 0. The lowest BCUT2D eigenvalue weighted by Gasteiger charge is -2.23. The number of nitrogens with zero attached hydrogens (tertiary/aromatic N) is 1. The minimum absolute atomic E-state index is 0.0944. The van der Waals surface area contributed by atoms with Gasteiger partial charge in [-0.25, -0.2) is 4.79 Å². The number of benzene rings is 1. The second-order valence-corrected chi connectivity index (χ2v) is 4.17. The smallest absolute Gasteiger partial charge is 0.416 e. The van der Waals surface area contributed by atoms with Crippen molar-refractivity contribution in [3.63, 3.8) is 0 Å². The SMILES string of the molecule is COc1ccc(C(C)(C)N=C=O)c(C(F)(F)F)c1. The van der Waals surface area contributed by atoms with Crippen LogP contribution in [0.25, 0.3) is 0 Å². The molecule has 1 aromatic carbocycles. The van der Waals surface area contributed by atoms with Gasteiger partial charge >= 0.3 is 6.18 Å². The van der Waals surface area contributed by atoms with Crippen molar-refractivity contribution in [2.24, 2.45) is 4.99 Å². The van der Waals surface area contributed by atoms with E-state index in [1.807, 2.05) is 0 Å². The number of hydrogen-bond donors (Lipinski definition) is 0. The van der Waals surface area contributed by atoms with E-state index in [9.17, 15) is 18.0 Å². The average Bonchev–Trinajstić information content (AvgIpc) is 2.27. The Morgan fingerprint density at radius 1 is 1.22 bits per heavy atom. The van der Waals surface area contributed by atoms with E-state index in [2.05, 4.69) is 4.99 Å². The molecule has 0 aliphatic carbocycles. The van der Waals surface area contributed by atoms with Crippen LogP contribution in [0.5, 0.6) is 5.75 Å². The zero-order valence-corrected chi connectivity index (χ0v) is 10.1. The van der Waals surface area contributed by atoms with E-state index in [0.717, 1.165) is 6.07 Å². The largest absolute Gasteiger partial charge is 0.497 e. The fourth-order valence-corrected chi connectivity index (χ4v) is 1.59. The molecule has 0 aromatic heterocycles. The number of methoxy groups -OCH3 is 1. The van der Waals surface area contributed by atoms with Crippen LogP contribution in [0.2, 0.25) is 0 Å². The molecule has 0 aliphatic rings. The molecule has 1 rings (SSSR count). The van der Waals surface area contributed by atoms with E-state index in [-0.39, 0.29) is 11.3 Å². The Hall–Kier alpha value is -1.81. The molecule has 0 spiro atoms. The molecule has 1 aromatic rings. The van der Waals surface area contributed by atoms with Gasteiger partial charge in [-0.2, -0.15) is 18.2 Å². The summed E-state index contributed by atoms with van der Waals surface area (Å²) in [7, 11) is 1.28. The number of isocyanates is 1. The summed E-state index contributed by atoms with van der Waals surface area (Å²) in [6.45, 7) is 2.82. The van der Waals surface area contributed by atoms with Crippen molar-refractivity contribution in [2.45, 2.75) is 25.6 Å². The van der Waals surface area contributed by atoms with E-state index in [1.54, 1.807) is 0 Å². The Kier molecular flexibility index (Phi) is 3.82. The Bertz CT molecular complexity index is 489. The standard InChI is InChI=1S/C12H12F3NO2/c1-11(2,16-7-17)9-5-4-8(18-3)6-10(9)12(13,14)15/h4-6H,1-3H3. The molecule has 3 nitrogen and oxygen atoms in total. The van der Waals surface area contributed by atoms with Crippen molar-refractivity contribution in [1.82, 2.24) is 0 Å². The van der Waals surface area contributed by atoms with Crippen molar-refractivity contribution in [2.75, 3.05) is 7.11 Å². The van der Waals surface area contributed by atoms with Crippen LogP contribution >= 0.6 is 0 Å². The lowest BCUT2D eigenvalue weighted by molar-refractivity contribution is -0.138. The minimum atomic E-state index is -4.54. The molecule has 0 aliphatic heterocycles. The molecule has 0 heterocycles. The number of halogens is 3. The lowest BCUT2D eigenvalue weighted by atomic mass is 9.90. The normalized spacial score (nSPS) is 11.9. The van der Waals surface area contributed by atoms with Gasteiger partial charge in [0.05, 0.1) is 18.2 Å². The highest BCUT2D eigenvalue weighted by Crippen LogP contribution is 2.39. The monoisotopic (exact) mass is 259 g/mol. The predicted molar refractivity (Wildman–Crippen MR) is 59.1 cm³/mol. The van der Waals surface area contributed by atoms with Crippen molar-refractivity contribution < 1.29 is 22.7 Å². The fourth-order valence-electron chi connectivity index (χ4n) is 1.59. The molecule has 0 amide bonds. The molecule has 0 radical (unpaired) electrons. The van der Waals surface area contributed by atoms with E-state index >= 15 is 0 Å². The molecule has 0 atom stereocenters. The molecule has 0 fully saturated rings. The Morgan fingerprint density at radius 2 is 1.83 bits per heavy atom.